The highest BCUT2D eigenvalue weighted by Crippen LogP contribution is 2.16. The van der Waals surface area contributed by atoms with Gasteiger partial charge in [0.05, 0.1) is 11.4 Å². The lowest BCUT2D eigenvalue weighted by Crippen LogP contribution is -2.15. The van der Waals surface area contributed by atoms with Crippen molar-refractivity contribution in [2.45, 2.75) is 6.54 Å². The molecule has 26 heavy (non-hydrogen) atoms. The van der Waals surface area contributed by atoms with Crippen LogP contribution >= 0.6 is 0 Å². The van der Waals surface area contributed by atoms with E-state index in [2.05, 4.69) is 10.3 Å². The lowest BCUT2D eigenvalue weighted by atomic mass is 10.1. The highest BCUT2D eigenvalue weighted by molar-refractivity contribution is 6.08. The Labute approximate surface area is 150 Å². The largest absolute Gasteiger partial charge is 0.380 e. The van der Waals surface area contributed by atoms with Crippen LogP contribution in [0.15, 0.2) is 79.0 Å². The lowest BCUT2D eigenvalue weighted by Gasteiger charge is -2.13. The van der Waals surface area contributed by atoms with Crippen molar-refractivity contribution in [3.8, 4) is 0 Å². The van der Waals surface area contributed by atoms with Gasteiger partial charge in [0.2, 0.25) is 0 Å². The SMILES string of the molecule is N=C(/C=C(\NCc1ccccc1F)c1cccc(F)c1)c1ccccn1. The minimum Gasteiger partial charge on any atom is -0.380 e. The maximum absolute atomic E-state index is 13.9. The van der Waals surface area contributed by atoms with Crippen molar-refractivity contribution in [2.24, 2.45) is 0 Å². The maximum Gasteiger partial charge on any atom is 0.128 e. The van der Waals surface area contributed by atoms with Crippen LogP contribution in [0.3, 0.4) is 0 Å². The predicted molar refractivity (Wildman–Crippen MR) is 98.7 cm³/mol. The van der Waals surface area contributed by atoms with E-state index >= 15 is 0 Å². The predicted octanol–water partition coefficient (Wildman–Crippen LogP) is 4.56. The standard InChI is InChI=1S/C21H17F2N3/c22-17-8-5-7-15(12-17)21(13-19(24)20-10-3-4-11-25-20)26-14-16-6-1-2-9-18(16)23/h1-13,24,26H,14H2/b21-13-,24-19?. The summed E-state index contributed by atoms with van der Waals surface area (Å²) in [5, 5.41) is 11.3. The normalized spacial score (nSPS) is 11.2. The van der Waals surface area contributed by atoms with Gasteiger partial charge in [0.15, 0.2) is 0 Å². The molecule has 0 saturated heterocycles. The summed E-state index contributed by atoms with van der Waals surface area (Å²) in [6.07, 6.45) is 3.17. The third-order valence-electron chi connectivity index (χ3n) is 3.79. The van der Waals surface area contributed by atoms with E-state index in [9.17, 15) is 8.78 Å². The van der Waals surface area contributed by atoms with E-state index in [1.165, 1.54) is 18.2 Å². The van der Waals surface area contributed by atoms with Crippen LogP contribution in [0.5, 0.6) is 0 Å². The van der Waals surface area contributed by atoms with Crippen LogP contribution in [0, 0.1) is 17.0 Å². The van der Waals surface area contributed by atoms with E-state index in [0.717, 1.165) is 0 Å². The monoisotopic (exact) mass is 349 g/mol. The average molecular weight is 349 g/mol. The number of halogens is 2. The number of nitrogens with zero attached hydrogens (tertiary/aromatic N) is 1. The molecule has 0 atom stereocenters. The quantitative estimate of drug-likeness (QED) is 0.641. The molecule has 0 aliphatic rings. The zero-order valence-electron chi connectivity index (χ0n) is 13.9. The summed E-state index contributed by atoms with van der Waals surface area (Å²) in [4.78, 5) is 4.14. The lowest BCUT2D eigenvalue weighted by molar-refractivity contribution is 0.605. The molecular formula is C21H17F2N3. The molecule has 3 nitrogen and oxygen atoms in total. The molecule has 0 bridgehead atoms. The number of allylic oxidation sites excluding steroid dienone is 1. The van der Waals surface area contributed by atoms with Crippen LogP contribution in [0.2, 0.25) is 0 Å². The van der Waals surface area contributed by atoms with Crippen molar-refractivity contribution in [2.75, 3.05) is 0 Å². The van der Waals surface area contributed by atoms with Gasteiger partial charge < -0.3 is 5.32 Å². The number of aromatic nitrogens is 1. The summed E-state index contributed by atoms with van der Waals surface area (Å²) in [5.41, 5.74) is 2.24. The molecule has 5 heteroatoms. The minimum absolute atomic E-state index is 0.172. The van der Waals surface area contributed by atoms with E-state index in [1.807, 2.05) is 0 Å². The Morgan fingerprint density at radius 3 is 2.54 bits per heavy atom. The summed E-state index contributed by atoms with van der Waals surface area (Å²) in [7, 11) is 0. The number of hydrogen-bond acceptors (Lipinski definition) is 3. The minimum atomic E-state index is -0.384. The Morgan fingerprint density at radius 2 is 1.81 bits per heavy atom. The van der Waals surface area contributed by atoms with Crippen molar-refractivity contribution < 1.29 is 8.78 Å². The molecule has 0 amide bonds. The van der Waals surface area contributed by atoms with Gasteiger partial charge in [-0.3, -0.25) is 10.4 Å². The van der Waals surface area contributed by atoms with Gasteiger partial charge in [0.25, 0.3) is 0 Å². The number of hydrogen-bond donors (Lipinski definition) is 2. The molecule has 2 aromatic carbocycles. The number of nitrogens with one attached hydrogen (secondary N) is 2. The molecule has 0 radical (unpaired) electrons. The fourth-order valence-electron chi connectivity index (χ4n) is 2.47. The fourth-order valence-corrected chi connectivity index (χ4v) is 2.47. The summed E-state index contributed by atoms with van der Waals surface area (Å²) >= 11 is 0. The first-order valence-electron chi connectivity index (χ1n) is 8.08. The van der Waals surface area contributed by atoms with E-state index in [1.54, 1.807) is 60.8 Å². The van der Waals surface area contributed by atoms with E-state index in [4.69, 9.17) is 5.41 Å². The van der Waals surface area contributed by atoms with Gasteiger partial charge in [-0.15, -0.1) is 0 Å². The van der Waals surface area contributed by atoms with Crippen molar-refractivity contribution in [1.29, 1.82) is 5.41 Å². The smallest absolute Gasteiger partial charge is 0.128 e. The summed E-state index contributed by atoms with van der Waals surface area (Å²) < 4.78 is 27.5. The van der Waals surface area contributed by atoms with Crippen LogP contribution in [-0.4, -0.2) is 10.7 Å². The molecule has 0 spiro atoms. The Bertz CT molecular complexity index is 937. The molecule has 0 aliphatic carbocycles. The fraction of sp³-hybridized carbons (Fsp3) is 0.0476. The third-order valence-corrected chi connectivity index (χ3v) is 3.79. The van der Waals surface area contributed by atoms with Crippen LogP contribution < -0.4 is 5.32 Å². The Morgan fingerprint density at radius 1 is 1.00 bits per heavy atom. The highest BCUT2D eigenvalue weighted by atomic mass is 19.1. The Kier molecular flexibility index (Phi) is 5.49. The summed E-state index contributed by atoms with van der Waals surface area (Å²) in [6.45, 7) is 0.213. The topological polar surface area (TPSA) is 48.8 Å². The summed E-state index contributed by atoms with van der Waals surface area (Å²) in [6, 6.07) is 17.8. The van der Waals surface area contributed by atoms with Crippen molar-refractivity contribution in [1.82, 2.24) is 10.3 Å². The molecule has 0 unspecified atom stereocenters. The number of rotatable bonds is 6. The molecule has 1 aromatic heterocycles. The van der Waals surface area contributed by atoms with Gasteiger partial charge in [0, 0.05) is 29.6 Å². The number of benzene rings is 2. The van der Waals surface area contributed by atoms with Crippen molar-refractivity contribution in [3.05, 3.63) is 107 Å². The first-order chi connectivity index (χ1) is 12.6. The third kappa shape index (κ3) is 4.39. The van der Waals surface area contributed by atoms with Crippen LogP contribution in [0.25, 0.3) is 5.70 Å². The first-order valence-corrected chi connectivity index (χ1v) is 8.08. The van der Waals surface area contributed by atoms with E-state index in [-0.39, 0.29) is 23.9 Å². The molecular weight excluding hydrogens is 332 g/mol. The van der Waals surface area contributed by atoms with Gasteiger partial charge in [0.1, 0.15) is 11.6 Å². The molecule has 130 valence electrons. The van der Waals surface area contributed by atoms with Crippen LogP contribution in [0.1, 0.15) is 16.8 Å². The van der Waals surface area contributed by atoms with Gasteiger partial charge in [-0.2, -0.15) is 0 Å². The van der Waals surface area contributed by atoms with E-state index < -0.39 is 0 Å². The summed E-state index contributed by atoms with van der Waals surface area (Å²) in [5.74, 6) is -0.705. The zero-order chi connectivity index (χ0) is 18.4. The van der Waals surface area contributed by atoms with Gasteiger partial charge in [-0.25, -0.2) is 8.78 Å². The molecule has 1 heterocycles. The van der Waals surface area contributed by atoms with Crippen molar-refractivity contribution >= 4 is 11.4 Å². The molecule has 0 saturated carbocycles. The van der Waals surface area contributed by atoms with Gasteiger partial charge in [-0.1, -0.05) is 36.4 Å². The van der Waals surface area contributed by atoms with Gasteiger partial charge >= 0.3 is 0 Å². The van der Waals surface area contributed by atoms with Crippen LogP contribution in [-0.2, 0) is 6.54 Å². The average Bonchev–Trinajstić information content (AvgIpc) is 2.67. The first kappa shape index (κ1) is 17.5. The van der Waals surface area contributed by atoms with E-state index in [0.29, 0.717) is 22.5 Å². The van der Waals surface area contributed by atoms with Gasteiger partial charge in [-0.05, 0) is 36.4 Å². The Hall–Kier alpha value is -3.34. The maximum atomic E-state index is 13.9. The molecule has 2 N–H and O–H groups in total. The Balaban J connectivity index is 1.90. The molecule has 3 aromatic rings. The molecule has 0 aliphatic heterocycles. The molecule has 3 rings (SSSR count). The second kappa shape index (κ2) is 8.16. The number of pyridine rings is 1. The van der Waals surface area contributed by atoms with Crippen LogP contribution in [0.4, 0.5) is 8.78 Å². The second-order valence-corrected chi connectivity index (χ2v) is 5.64. The second-order valence-electron chi connectivity index (χ2n) is 5.64. The zero-order valence-corrected chi connectivity index (χ0v) is 13.9. The highest BCUT2D eigenvalue weighted by Gasteiger charge is 2.08. The van der Waals surface area contributed by atoms with Crippen molar-refractivity contribution in [3.63, 3.8) is 0 Å². The molecule has 0 fully saturated rings.